The predicted octanol–water partition coefficient (Wildman–Crippen LogP) is 2.67. The van der Waals surface area contributed by atoms with Gasteiger partial charge in [-0.2, -0.15) is 0 Å². The van der Waals surface area contributed by atoms with Gasteiger partial charge in [0.25, 0.3) is 0 Å². The fourth-order valence-electron chi connectivity index (χ4n) is 1.62. The van der Waals surface area contributed by atoms with Gasteiger partial charge in [0, 0.05) is 17.5 Å². The number of carbonyl (C=O) groups is 1. The number of aromatic nitrogens is 1. The molecule has 78 valence electrons. The van der Waals surface area contributed by atoms with Crippen molar-refractivity contribution in [2.45, 2.75) is 0 Å². The molecule has 1 aromatic carbocycles. The van der Waals surface area contributed by atoms with E-state index in [-0.39, 0.29) is 16.2 Å². The molecule has 0 saturated heterocycles. The van der Waals surface area contributed by atoms with E-state index in [1.165, 1.54) is 23.7 Å². The van der Waals surface area contributed by atoms with Gasteiger partial charge in [-0.25, -0.2) is 9.18 Å². The molecule has 1 N–H and O–H groups in total. The van der Waals surface area contributed by atoms with Crippen molar-refractivity contribution in [2.24, 2.45) is 7.05 Å². The maximum absolute atomic E-state index is 13.5. The van der Waals surface area contributed by atoms with Gasteiger partial charge < -0.3 is 9.67 Å². The number of nitrogens with zero attached hydrogens (tertiary/aromatic N) is 1. The molecule has 0 aliphatic carbocycles. The number of halogens is 2. The monoisotopic (exact) mass is 227 g/mol. The standard InChI is InChI=1S/C10H7ClFNO2/c1-13-8(10(14)15)3-5-2-6(11)4-7(12)9(5)13/h2-4H,1H3,(H,14,15). The first kappa shape index (κ1) is 9.98. The van der Waals surface area contributed by atoms with Crippen molar-refractivity contribution in [3.05, 3.63) is 34.7 Å². The van der Waals surface area contributed by atoms with E-state index in [4.69, 9.17) is 16.7 Å². The van der Waals surface area contributed by atoms with Crippen molar-refractivity contribution in [3.8, 4) is 0 Å². The van der Waals surface area contributed by atoms with E-state index in [1.54, 1.807) is 0 Å². The second-order valence-electron chi connectivity index (χ2n) is 3.22. The van der Waals surface area contributed by atoms with Crippen molar-refractivity contribution in [3.63, 3.8) is 0 Å². The summed E-state index contributed by atoms with van der Waals surface area (Å²) in [6, 6.07) is 4.09. The Balaban J connectivity index is 2.88. The lowest BCUT2D eigenvalue weighted by Crippen LogP contribution is -2.04. The first-order valence-electron chi connectivity index (χ1n) is 4.18. The molecule has 5 heteroatoms. The van der Waals surface area contributed by atoms with Crippen LogP contribution in [0.4, 0.5) is 4.39 Å². The normalized spacial score (nSPS) is 10.9. The largest absolute Gasteiger partial charge is 0.477 e. The molecular formula is C10H7ClFNO2. The minimum absolute atomic E-state index is 0.0335. The predicted molar refractivity (Wildman–Crippen MR) is 54.8 cm³/mol. The van der Waals surface area contributed by atoms with Crippen LogP contribution < -0.4 is 0 Å². The molecule has 0 saturated carbocycles. The number of carboxylic acid groups (broad SMARTS) is 1. The van der Waals surface area contributed by atoms with E-state index >= 15 is 0 Å². The highest BCUT2D eigenvalue weighted by Crippen LogP contribution is 2.25. The molecule has 1 heterocycles. The molecule has 0 fully saturated rings. The number of carboxylic acids is 1. The summed E-state index contributed by atoms with van der Waals surface area (Å²) in [5, 5.41) is 9.59. The number of benzene rings is 1. The highest BCUT2D eigenvalue weighted by atomic mass is 35.5. The number of aryl methyl sites for hydroxylation is 1. The zero-order valence-electron chi connectivity index (χ0n) is 7.79. The molecule has 1 aromatic heterocycles. The number of hydrogen-bond donors (Lipinski definition) is 1. The minimum atomic E-state index is -1.09. The first-order chi connectivity index (χ1) is 7.00. The summed E-state index contributed by atoms with van der Waals surface area (Å²) in [6.07, 6.45) is 0. The van der Waals surface area contributed by atoms with Gasteiger partial charge in [-0.3, -0.25) is 0 Å². The highest BCUT2D eigenvalue weighted by molar-refractivity contribution is 6.31. The van der Waals surface area contributed by atoms with Crippen molar-refractivity contribution in [1.29, 1.82) is 0 Å². The molecule has 2 aromatic rings. The molecule has 0 aliphatic heterocycles. The molecule has 0 spiro atoms. The Morgan fingerprint density at radius 2 is 2.13 bits per heavy atom. The van der Waals surface area contributed by atoms with Crippen LogP contribution in [-0.4, -0.2) is 15.6 Å². The van der Waals surface area contributed by atoms with Crippen LogP contribution in [-0.2, 0) is 7.05 Å². The lowest BCUT2D eigenvalue weighted by molar-refractivity contribution is 0.0687. The van der Waals surface area contributed by atoms with Crippen LogP contribution in [0.3, 0.4) is 0 Å². The Morgan fingerprint density at radius 3 is 2.73 bits per heavy atom. The first-order valence-corrected chi connectivity index (χ1v) is 4.56. The van der Waals surface area contributed by atoms with Gasteiger partial charge >= 0.3 is 5.97 Å². The minimum Gasteiger partial charge on any atom is -0.477 e. The maximum atomic E-state index is 13.5. The van der Waals surface area contributed by atoms with Gasteiger partial charge in [-0.1, -0.05) is 11.6 Å². The van der Waals surface area contributed by atoms with E-state index in [2.05, 4.69) is 0 Å². The second-order valence-corrected chi connectivity index (χ2v) is 3.66. The third-order valence-corrected chi connectivity index (χ3v) is 2.48. The molecule has 3 nitrogen and oxygen atoms in total. The van der Waals surface area contributed by atoms with Crippen molar-refractivity contribution in [2.75, 3.05) is 0 Å². The van der Waals surface area contributed by atoms with Gasteiger partial charge in [0.05, 0.1) is 5.52 Å². The summed E-state index contributed by atoms with van der Waals surface area (Å²) in [5.74, 6) is -1.61. The van der Waals surface area contributed by atoms with Crippen molar-refractivity contribution in [1.82, 2.24) is 4.57 Å². The van der Waals surface area contributed by atoms with E-state index in [9.17, 15) is 9.18 Å². The Labute approximate surface area is 89.7 Å². The summed E-state index contributed by atoms with van der Waals surface area (Å²) in [4.78, 5) is 10.8. The Kier molecular flexibility index (Phi) is 2.16. The molecule has 0 bridgehead atoms. The molecule has 0 radical (unpaired) electrons. The Hall–Kier alpha value is -1.55. The fourth-order valence-corrected chi connectivity index (χ4v) is 1.83. The Morgan fingerprint density at radius 1 is 1.47 bits per heavy atom. The SMILES string of the molecule is Cn1c(C(=O)O)cc2cc(Cl)cc(F)c21. The molecule has 15 heavy (non-hydrogen) atoms. The molecule has 2 rings (SSSR count). The fraction of sp³-hybridized carbons (Fsp3) is 0.100. The van der Waals surface area contributed by atoms with Gasteiger partial charge in [-0.15, -0.1) is 0 Å². The molecular weight excluding hydrogens is 221 g/mol. The summed E-state index contributed by atoms with van der Waals surface area (Å²) in [7, 11) is 1.50. The highest BCUT2D eigenvalue weighted by Gasteiger charge is 2.15. The van der Waals surface area contributed by atoms with Crippen molar-refractivity contribution >= 4 is 28.5 Å². The van der Waals surface area contributed by atoms with Crippen LogP contribution in [0.15, 0.2) is 18.2 Å². The summed E-state index contributed by atoms with van der Waals surface area (Å²) in [5.41, 5.74) is 0.281. The number of hydrogen-bond acceptors (Lipinski definition) is 1. The third kappa shape index (κ3) is 1.47. The Bertz CT molecular complexity index is 562. The zero-order chi connectivity index (χ0) is 11.2. The van der Waals surface area contributed by atoms with Crippen LogP contribution in [0.5, 0.6) is 0 Å². The number of aromatic carboxylic acids is 1. The zero-order valence-corrected chi connectivity index (χ0v) is 8.55. The van der Waals surface area contributed by atoms with E-state index in [1.807, 2.05) is 0 Å². The number of rotatable bonds is 1. The smallest absolute Gasteiger partial charge is 0.352 e. The van der Waals surface area contributed by atoms with Gasteiger partial charge in [0.15, 0.2) is 0 Å². The average Bonchev–Trinajstić information content (AvgIpc) is 2.42. The van der Waals surface area contributed by atoms with E-state index < -0.39 is 11.8 Å². The van der Waals surface area contributed by atoms with E-state index in [0.717, 1.165) is 6.07 Å². The maximum Gasteiger partial charge on any atom is 0.352 e. The summed E-state index contributed by atoms with van der Waals surface area (Å²) in [6.45, 7) is 0. The molecule has 0 atom stereocenters. The van der Waals surface area contributed by atoms with E-state index in [0.29, 0.717) is 5.39 Å². The van der Waals surface area contributed by atoms with Crippen LogP contribution in [0.2, 0.25) is 5.02 Å². The van der Waals surface area contributed by atoms with Crippen LogP contribution >= 0.6 is 11.6 Å². The van der Waals surface area contributed by atoms with Gasteiger partial charge in [0.1, 0.15) is 11.5 Å². The summed E-state index contributed by atoms with van der Waals surface area (Å²) < 4.78 is 14.8. The van der Waals surface area contributed by atoms with Gasteiger partial charge in [-0.05, 0) is 18.2 Å². The third-order valence-electron chi connectivity index (χ3n) is 2.27. The van der Waals surface area contributed by atoms with Crippen LogP contribution in [0.25, 0.3) is 10.9 Å². The lowest BCUT2D eigenvalue weighted by atomic mass is 10.2. The molecule has 0 aliphatic rings. The molecule has 0 amide bonds. The molecule has 0 unspecified atom stereocenters. The van der Waals surface area contributed by atoms with Crippen LogP contribution in [0.1, 0.15) is 10.5 Å². The topological polar surface area (TPSA) is 42.2 Å². The average molecular weight is 228 g/mol. The quantitative estimate of drug-likeness (QED) is 0.814. The van der Waals surface area contributed by atoms with Gasteiger partial charge in [0.2, 0.25) is 0 Å². The lowest BCUT2D eigenvalue weighted by Gasteiger charge is -2.00. The summed E-state index contributed by atoms with van der Waals surface area (Å²) >= 11 is 5.67. The van der Waals surface area contributed by atoms with Crippen molar-refractivity contribution < 1.29 is 14.3 Å². The second kappa shape index (κ2) is 3.24. The van der Waals surface area contributed by atoms with Crippen LogP contribution in [0, 0.1) is 5.82 Å². The number of fused-ring (bicyclic) bond motifs is 1.